The first-order chi connectivity index (χ1) is 7.26. The number of hydrogen-bond donors (Lipinski definition) is 1. The van der Waals surface area contributed by atoms with Gasteiger partial charge in [0.25, 0.3) is 0 Å². The van der Waals surface area contributed by atoms with Crippen LogP contribution in [0.1, 0.15) is 39.5 Å². The van der Waals surface area contributed by atoms with E-state index in [0.717, 1.165) is 12.6 Å². The van der Waals surface area contributed by atoms with Gasteiger partial charge in [0.05, 0.1) is 0 Å². The van der Waals surface area contributed by atoms with Crippen molar-refractivity contribution in [1.82, 2.24) is 10.2 Å². The lowest BCUT2D eigenvalue weighted by atomic mass is 10.0. The summed E-state index contributed by atoms with van der Waals surface area (Å²) in [4.78, 5) is 2.48. The van der Waals surface area contributed by atoms with Crippen molar-refractivity contribution < 1.29 is 0 Å². The van der Waals surface area contributed by atoms with Crippen LogP contribution in [0.2, 0.25) is 0 Å². The molecule has 0 spiro atoms. The number of rotatable bonds is 6. The zero-order chi connectivity index (χ0) is 11.1. The Hall–Kier alpha value is -0.340. The molecule has 0 aromatic carbocycles. The van der Waals surface area contributed by atoms with E-state index in [-0.39, 0.29) is 0 Å². The fraction of sp³-hybridized carbons (Fsp3) is 0.846. The maximum absolute atomic E-state index is 3.79. The predicted octanol–water partition coefficient (Wildman–Crippen LogP) is 2.42. The second kappa shape index (κ2) is 7.02. The Morgan fingerprint density at radius 1 is 1.47 bits per heavy atom. The molecule has 0 saturated carbocycles. The molecule has 1 N–H and O–H groups in total. The lowest BCUT2D eigenvalue weighted by Gasteiger charge is -2.33. The average molecular weight is 210 g/mol. The maximum atomic E-state index is 3.79. The number of hydrogen-bond acceptors (Lipinski definition) is 2. The van der Waals surface area contributed by atoms with Crippen molar-refractivity contribution >= 4 is 0 Å². The van der Waals surface area contributed by atoms with Crippen LogP contribution in [0.3, 0.4) is 0 Å². The van der Waals surface area contributed by atoms with Crippen LogP contribution in [0.5, 0.6) is 0 Å². The highest BCUT2D eigenvalue weighted by Crippen LogP contribution is 2.11. The summed E-state index contributed by atoms with van der Waals surface area (Å²) in [5, 5.41) is 3.73. The number of likely N-dealkylation sites (tertiary alicyclic amines) is 1. The van der Waals surface area contributed by atoms with Crippen molar-refractivity contribution in [3.63, 3.8) is 0 Å². The summed E-state index contributed by atoms with van der Waals surface area (Å²) in [6.45, 7) is 11.9. The highest BCUT2D eigenvalue weighted by molar-refractivity contribution is 4.82. The summed E-state index contributed by atoms with van der Waals surface area (Å²) < 4.78 is 0. The lowest BCUT2D eigenvalue weighted by Crippen LogP contribution is -2.45. The molecule has 1 unspecified atom stereocenters. The topological polar surface area (TPSA) is 15.3 Å². The van der Waals surface area contributed by atoms with Crippen molar-refractivity contribution in [3.8, 4) is 0 Å². The largest absolute Gasteiger partial charge is 0.311 e. The third-order valence-electron chi connectivity index (χ3n) is 3.22. The summed E-state index contributed by atoms with van der Waals surface area (Å²) in [6, 6.07) is 1.43. The minimum atomic E-state index is 0.686. The van der Waals surface area contributed by atoms with Crippen LogP contribution < -0.4 is 5.32 Å². The minimum Gasteiger partial charge on any atom is -0.311 e. The van der Waals surface area contributed by atoms with Gasteiger partial charge in [0.15, 0.2) is 0 Å². The van der Waals surface area contributed by atoms with Gasteiger partial charge in [-0.1, -0.05) is 19.4 Å². The second-order valence-electron chi connectivity index (χ2n) is 4.72. The molecule has 1 heterocycles. The fourth-order valence-corrected chi connectivity index (χ4v) is 2.38. The van der Waals surface area contributed by atoms with Crippen molar-refractivity contribution in [1.29, 1.82) is 0 Å². The molecule has 0 bridgehead atoms. The van der Waals surface area contributed by atoms with Crippen LogP contribution >= 0.6 is 0 Å². The van der Waals surface area contributed by atoms with E-state index >= 15 is 0 Å². The van der Waals surface area contributed by atoms with Crippen LogP contribution in [-0.2, 0) is 0 Å². The van der Waals surface area contributed by atoms with Gasteiger partial charge in [0, 0.05) is 18.6 Å². The van der Waals surface area contributed by atoms with Gasteiger partial charge in [-0.3, -0.25) is 4.90 Å². The highest BCUT2D eigenvalue weighted by atomic mass is 15.1. The van der Waals surface area contributed by atoms with Crippen LogP contribution in [0.4, 0.5) is 0 Å². The Bertz CT molecular complexity index is 171. The van der Waals surface area contributed by atoms with Gasteiger partial charge in [-0.2, -0.15) is 0 Å². The van der Waals surface area contributed by atoms with Gasteiger partial charge in [-0.25, -0.2) is 0 Å². The van der Waals surface area contributed by atoms with Gasteiger partial charge in [-0.15, -0.1) is 6.58 Å². The summed E-state index contributed by atoms with van der Waals surface area (Å²) in [5.74, 6) is 0. The van der Waals surface area contributed by atoms with E-state index in [1.807, 2.05) is 6.08 Å². The molecule has 1 rings (SSSR count). The van der Waals surface area contributed by atoms with Gasteiger partial charge in [0.1, 0.15) is 0 Å². The molecule has 1 fully saturated rings. The molecule has 15 heavy (non-hydrogen) atoms. The molecule has 2 heteroatoms. The third kappa shape index (κ3) is 4.80. The molecule has 0 radical (unpaired) electrons. The van der Waals surface area contributed by atoms with E-state index < -0.39 is 0 Å². The van der Waals surface area contributed by atoms with E-state index in [4.69, 9.17) is 0 Å². The van der Waals surface area contributed by atoms with Gasteiger partial charge >= 0.3 is 0 Å². The summed E-state index contributed by atoms with van der Waals surface area (Å²) in [5.41, 5.74) is 0. The van der Waals surface area contributed by atoms with Crippen molar-refractivity contribution in [3.05, 3.63) is 12.7 Å². The molecule has 0 amide bonds. The van der Waals surface area contributed by atoms with E-state index in [1.165, 1.54) is 38.8 Å². The van der Waals surface area contributed by atoms with Crippen molar-refractivity contribution in [2.75, 3.05) is 19.6 Å². The highest BCUT2D eigenvalue weighted by Gasteiger charge is 2.18. The normalized spacial score (nSPS) is 21.5. The summed E-state index contributed by atoms with van der Waals surface area (Å²) in [7, 11) is 0. The first-order valence-corrected chi connectivity index (χ1v) is 6.35. The molecule has 0 aliphatic carbocycles. The SMILES string of the molecule is C=CCN1CCC(NC(C)CCC)CC1. The first-order valence-electron chi connectivity index (χ1n) is 6.35. The van der Waals surface area contributed by atoms with E-state index in [0.29, 0.717) is 6.04 Å². The maximum Gasteiger partial charge on any atom is 0.0160 e. The second-order valence-corrected chi connectivity index (χ2v) is 4.72. The van der Waals surface area contributed by atoms with Crippen LogP contribution in [0, 0.1) is 0 Å². The van der Waals surface area contributed by atoms with Crippen LogP contribution in [0.25, 0.3) is 0 Å². The Balaban J connectivity index is 2.16. The molecule has 1 aliphatic rings. The zero-order valence-electron chi connectivity index (χ0n) is 10.3. The molecular formula is C13H26N2. The van der Waals surface area contributed by atoms with Gasteiger partial charge < -0.3 is 5.32 Å². The molecule has 88 valence electrons. The number of nitrogens with zero attached hydrogens (tertiary/aromatic N) is 1. The molecule has 0 aromatic rings. The fourth-order valence-electron chi connectivity index (χ4n) is 2.38. The molecule has 1 aliphatic heterocycles. The zero-order valence-corrected chi connectivity index (χ0v) is 10.3. The molecule has 1 saturated heterocycles. The van der Waals surface area contributed by atoms with Crippen molar-refractivity contribution in [2.45, 2.75) is 51.6 Å². The van der Waals surface area contributed by atoms with Gasteiger partial charge in [-0.05, 0) is 39.3 Å². The Morgan fingerprint density at radius 3 is 2.67 bits per heavy atom. The number of piperidine rings is 1. The monoisotopic (exact) mass is 210 g/mol. The van der Waals surface area contributed by atoms with E-state index in [9.17, 15) is 0 Å². The number of nitrogens with one attached hydrogen (secondary N) is 1. The Labute approximate surface area is 94.7 Å². The third-order valence-corrected chi connectivity index (χ3v) is 3.22. The minimum absolute atomic E-state index is 0.686. The molecular weight excluding hydrogens is 184 g/mol. The Kier molecular flexibility index (Phi) is 5.96. The average Bonchev–Trinajstić information content (AvgIpc) is 2.22. The van der Waals surface area contributed by atoms with Crippen molar-refractivity contribution in [2.24, 2.45) is 0 Å². The van der Waals surface area contributed by atoms with Crippen LogP contribution in [0.15, 0.2) is 12.7 Å². The lowest BCUT2D eigenvalue weighted by molar-refractivity contribution is 0.207. The first kappa shape index (κ1) is 12.7. The summed E-state index contributed by atoms with van der Waals surface area (Å²) in [6.07, 6.45) is 7.17. The van der Waals surface area contributed by atoms with Gasteiger partial charge in [0.2, 0.25) is 0 Å². The quantitative estimate of drug-likeness (QED) is 0.677. The van der Waals surface area contributed by atoms with E-state index in [1.54, 1.807) is 0 Å². The standard InChI is InChI=1S/C13H26N2/c1-4-6-12(3)14-13-7-10-15(9-5-2)11-8-13/h5,12-14H,2,4,6-11H2,1,3H3. The Morgan fingerprint density at radius 2 is 2.13 bits per heavy atom. The molecule has 2 nitrogen and oxygen atoms in total. The molecule has 0 aromatic heterocycles. The van der Waals surface area contributed by atoms with Crippen LogP contribution in [-0.4, -0.2) is 36.6 Å². The predicted molar refractivity (Wildman–Crippen MR) is 67.2 cm³/mol. The summed E-state index contributed by atoms with van der Waals surface area (Å²) >= 11 is 0. The van der Waals surface area contributed by atoms with E-state index in [2.05, 4.69) is 30.6 Å². The smallest absolute Gasteiger partial charge is 0.0160 e. The molecule has 1 atom stereocenters.